The van der Waals surface area contributed by atoms with E-state index in [0.29, 0.717) is 18.2 Å². The van der Waals surface area contributed by atoms with Crippen LogP contribution in [0.3, 0.4) is 0 Å². The molecule has 0 saturated heterocycles. The molecule has 2 aromatic rings. The van der Waals surface area contributed by atoms with Crippen LogP contribution in [-0.2, 0) is 11.3 Å². The standard InChI is InChI=1S/C18H20ClN3O3/c1-10-5-4-6-12(15(10)24-2)9-20-17-13(19)14(18(23)25-3)21-16(22-17)11-7-8-11/h4-6,11H,7-9H2,1-3H3,(H,20,21,22). The number of nitrogens with one attached hydrogen (secondary N) is 1. The number of aryl methyl sites for hydroxylation is 1. The van der Waals surface area contributed by atoms with Gasteiger partial charge in [-0.2, -0.15) is 0 Å². The zero-order valence-corrected chi connectivity index (χ0v) is 15.2. The van der Waals surface area contributed by atoms with Gasteiger partial charge in [0.15, 0.2) is 5.69 Å². The molecule has 0 amide bonds. The first-order valence-electron chi connectivity index (χ1n) is 8.07. The number of carbonyl (C=O) groups excluding carboxylic acids is 1. The Morgan fingerprint density at radius 1 is 1.32 bits per heavy atom. The summed E-state index contributed by atoms with van der Waals surface area (Å²) in [4.78, 5) is 20.7. The molecule has 132 valence electrons. The molecule has 1 aliphatic rings. The average molecular weight is 362 g/mol. The van der Waals surface area contributed by atoms with Gasteiger partial charge in [0.1, 0.15) is 22.4 Å². The third-order valence-electron chi connectivity index (χ3n) is 4.13. The van der Waals surface area contributed by atoms with Gasteiger partial charge in [-0.25, -0.2) is 14.8 Å². The molecule has 1 heterocycles. The minimum absolute atomic E-state index is 0.0970. The van der Waals surface area contributed by atoms with Crippen molar-refractivity contribution in [2.45, 2.75) is 32.2 Å². The molecule has 0 atom stereocenters. The highest BCUT2D eigenvalue weighted by Crippen LogP contribution is 2.40. The summed E-state index contributed by atoms with van der Waals surface area (Å²) in [5, 5.41) is 3.37. The first-order chi connectivity index (χ1) is 12.0. The van der Waals surface area contributed by atoms with Crippen molar-refractivity contribution in [3.8, 4) is 5.75 Å². The monoisotopic (exact) mass is 361 g/mol. The summed E-state index contributed by atoms with van der Waals surface area (Å²) in [6.45, 7) is 2.45. The zero-order valence-electron chi connectivity index (χ0n) is 14.4. The lowest BCUT2D eigenvalue weighted by Crippen LogP contribution is -2.13. The minimum atomic E-state index is -0.564. The maximum Gasteiger partial charge on any atom is 0.358 e. The number of hydrogen-bond donors (Lipinski definition) is 1. The van der Waals surface area contributed by atoms with E-state index in [4.69, 9.17) is 21.1 Å². The number of hydrogen-bond acceptors (Lipinski definition) is 6. The fourth-order valence-corrected chi connectivity index (χ4v) is 2.89. The van der Waals surface area contributed by atoms with Crippen LogP contribution in [0.15, 0.2) is 18.2 Å². The van der Waals surface area contributed by atoms with Gasteiger partial charge < -0.3 is 14.8 Å². The number of halogens is 1. The van der Waals surface area contributed by atoms with E-state index in [9.17, 15) is 4.79 Å². The fraction of sp³-hybridized carbons (Fsp3) is 0.389. The number of para-hydroxylation sites is 1. The normalized spacial score (nSPS) is 13.4. The molecule has 1 aliphatic carbocycles. The number of ether oxygens (including phenoxy) is 2. The Bertz CT molecular complexity index is 806. The van der Waals surface area contributed by atoms with Gasteiger partial charge in [-0.1, -0.05) is 29.8 Å². The highest BCUT2D eigenvalue weighted by molar-refractivity contribution is 6.35. The second-order valence-corrected chi connectivity index (χ2v) is 6.36. The van der Waals surface area contributed by atoms with Crippen LogP contribution >= 0.6 is 11.6 Å². The summed E-state index contributed by atoms with van der Waals surface area (Å²) in [5.74, 6) is 1.60. The molecule has 0 unspecified atom stereocenters. The van der Waals surface area contributed by atoms with E-state index in [1.807, 2.05) is 25.1 Å². The molecule has 6 nitrogen and oxygen atoms in total. The maximum atomic E-state index is 12.0. The molecule has 1 N–H and O–H groups in total. The van der Waals surface area contributed by atoms with Gasteiger partial charge in [0.25, 0.3) is 0 Å². The number of benzene rings is 1. The van der Waals surface area contributed by atoms with E-state index in [0.717, 1.165) is 29.7 Å². The fourth-order valence-electron chi connectivity index (χ4n) is 2.66. The highest BCUT2D eigenvalue weighted by Gasteiger charge is 2.30. The van der Waals surface area contributed by atoms with Crippen LogP contribution in [0.5, 0.6) is 5.75 Å². The van der Waals surface area contributed by atoms with E-state index < -0.39 is 5.97 Å². The van der Waals surface area contributed by atoms with Crippen molar-refractivity contribution in [2.75, 3.05) is 19.5 Å². The van der Waals surface area contributed by atoms with Crippen LogP contribution in [0, 0.1) is 6.92 Å². The van der Waals surface area contributed by atoms with Crippen LogP contribution in [0.2, 0.25) is 5.02 Å². The van der Waals surface area contributed by atoms with Crippen LogP contribution in [0.1, 0.15) is 46.2 Å². The van der Waals surface area contributed by atoms with Gasteiger partial charge in [0, 0.05) is 18.0 Å². The van der Waals surface area contributed by atoms with Crippen molar-refractivity contribution in [1.82, 2.24) is 9.97 Å². The summed E-state index contributed by atoms with van der Waals surface area (Å²) in [5.41, 5.74) is 2.12. The predicted molar refractivity (Wildman–Crippen MR) is 95.4 cm³/mol. The third kappa shape index (κ3) is 3.69. The molecule has 0 aliphatic heterocycles. The number of carbonyl (C=O) groups is 1. The lowest BCUT2D eigenvalue weighted by atomic mass is 10.1. The van der Waals surface area contributed by atoms with E-state index in [1.165, 1.54) is 7.11 Å². The molecule has 0 radical (unpaired) electrons. The van der Waals surface area contributed by atoms with Crippen molar-refractivity contribution in [3.63, 3.8) is 0 Å². The highest BCUT2D eigenvalue weighted by atomic mass is 35.5. The SMILES string of the molecule is COC(=O)c1nc(C2CC2)nc(NCc2cccc(C)c2OC)c1Cl. The Balaban J connectivity index is 1.90. The Kier molecular flexibility index (Phi) is 5.08. The molecule has 1 aromatic heterocycles. The number of esters is 1. The molecular formula is C18H20ClN3O3. The van der Waals surface area contributed by atoms with Gasteiger partial charge >= 0.3 is 5.97 Å². The number of aromatic nitrogens is 2. The second kappa shape index (κ2) is 7.27. The van der Waals surface area contributed by atoms with Crippen molar-refractivity contribution < 1.29 is 14.3 Å². The summed E-state index contributed by atoms with van der Waals surface area (Å²) in [6.07, 6.45) is 2.04. The Labute approximate surface area is 151 Å². The predicted octanol–water partition coefficient (Wildman–Crippen LogP) is 3.72. The lowest BCUT2D eigenvalue weighted by Gasteiger charge is -2.14. The van der Waals surface area contributed by atoms with E-state index in [1.54, 1.807) is 7.11 Å². The Morgan fingerprint density at radius 3 is 2.72 bits per heavy atom. The lowest BCUT2D eigenvalue weighted by molar-refractivity contribution is 0.0593. The summed E-state index contributed by atoms with van der Waals surface area (Å²) < 4.78 is 10.2. The van der Waals surface area contributed by atoms with Crippen LogP contribution < -0.4 is 10.1 Å². The molecule has 7 heteroatoms. The molecule has 1 aromatic carbocycles. The smallest absolute Gasteiger partial charge is 0.358 e. The summed E-state index contributed by atoms with van der Waals surface area (Å²) in [6, 6.07) is 5.92. The average Bonchev–Trinajstić information content (AvgIpc) is 3.45. The first kappa shape index (κ1) is 17.5. The van der Waals surface area contributed by atoms with Crippen LogP contribution in [0.25, 0.3) is 0 Å². The molecule has 3 rings (SSSR count). The van der Waals surface area contributed by atoms with Crippen molar-refractivity contribution >= 4 is 23.4 Å². The van der Waals surface area contributed by atoms with Gasteiger partial charge in [-0.15, -0.1) is 0 Å². The van der Waals surface area contributed by atoms with Crippen molar-refractivity contribution in [1.29, 1.82) is 0 Å². The summed E-state index contributed by atoms with van der Waals surface area (Å²) in [7, 11) is 2.95. The number of anilines is 1. The zero-order chi connectivity index (χ0) is 18.0. The minimum Gasteiger partial charge on any atom is -0.496 e. The number of nitrogens with zero attached hydrogens (tertiary/aromatic N) is 2. The van der Waals surface area contributed by atoms with Gasteiger partial charge in [0.05, 0.1) is 14.2 Å². The van der Waals surface area contributed by atoms with E-state index in [2.05, 4.69) is 15.3 Å². The molecule has 1 saturated carbocycles. The van der Waals surface area contributed by atoms with Crippen molar-refractivity contribution in [3.05, 3.63) is 45.9 Å². The van der Waals surface area contributed by atoms with Gasteiger partial charge in [-0.05, 0) is 25.3 Å². The quantitative estimate of drug-likeness (QED) is 0.790. The van der Waals surface area contributed by atoms with Crippen molar-refractivity contribution in [2.24, 2.45) is 0 Å². The summed E-state index contributed by atoms with van der Waals surface area (Å²) >= 11 is 6.33. The van der Waals surface area contributed by atoms with E-state index in [-0.39, 0.29) is 16.6 Å². The number of methoxy groups -OCH3 is 2. The largest absolute Gasteiger partial charge is 0.496 e. The maximum absolute atomic E-state index is 12.0. The van der Waals surface area contributed by atoms with Gasteiger partial charge in [-0.3, -0.25) is 0 Å². The molecule has 1 fully saturated rings. The topological polar surface area (TPSA) is 73.3 Å². The molecule has 25 heavy (non-hydrogen) atoms. The third-order valence-corrected chi connectivity index (χ3v) is 4.49. The molecule has 0 spiro atoms. The number of rotatable bonds is 6. The van der Waals surface area contributed by atoms with E-state index >= 15 is 0 Å². The Hall–Kier alpha value is -2.34. The van der Waals surface area contributed by atoms with Crippen LogP contribution in [0.4, 0.5) is 5.82 Å². The molecule has 0 bridgehead atoms. The van der Waals surface area contributed by atoms with Gasteiger partial charge in [0.2, 0.25) is 0 Å². The molecular weight excluding hydrogens is 342 g/mol. The Morgan fingerprint density at radius 2 is 2.08 bits per heavy atom. The van der Waals surface area contributed by atoms with Crippen LogP contribution in [-0.4, -0.2) is 30.2 Å². The first-order valence-corrected chi connectivity index (χ1v) is 8.45. The second-order valence-electron chi connectivity index (χ2n) is 5.98.